The van der Waals surface area contributed by atoms with Gasteiger partial charge in [-0.05, 0) is 56.2 Å². The molecule has 0 aromatic heterocycles. The predicted molar refractivity (Wildman–Crippen MR) is 89.2 cm³/mol. The van der Waals surface area contributed by atoms with Gasteiger partial charge in [0.15, 0.2) is 0 Å². The number of hydrogen-bond acceptors (Lipinski definition) is 4. The molecule has 6 nitrogen and oxygen atoms in total. The average Bonchev–Trinajstić information content (AvgIpc) is 3.29. The number of rotatable bonds is 4. The molecule has 1 aliphatic carbocycles. The van der Waals surface area contributed by atoms with Crippen molar-refractivity contribution in [1.82, 2.24) is 4.72 Å². The number of hydrogen-bond donors (Lipinski definition) is 2. The van der Waals surface area contributed by atoms with Gasteiger partial charge in [0.1, 0.15) is 10.7 Å². The molecule has 8 heteroatoms. The summed E-state index contributed by atoms with van der Waals surface area (Å²) >= 11 is 0. The molecule has 0 radical (unpaired) electrons. The number of benzene rings is 1. The highest BCUT2D eigenvalue weighted by atomic mass is 32.2. The van der Waals surface area contributed by atoms with Crippen LogP contribution in [0.5, 0.6) is 0 Å². The number of fused-ring (bicyclic) bond motifs is 1. The van der Waals surface area contributed by atoms with E-state index in [4.69, 9.17) is 4.74 Å². The minimum Gasteiger partial charge on any atom is -0.376 e. The Morgan fingerprint density at radius 2 is 2.08 bits per heavy atom. The normalized spacial score (nSPS) is 29.4. The molecule has 2 heterocycles. The van der Waals surface area contributed by atoms with Gasteiger partial charge in [0, 0.05) is 18.7 Å². The fourth-order valence-electron chi connectivity index (χ4n) is 3.84. The summed E-state index contributed by atoms with van der Waals surface area (Å²) in [6.07, 6.45) is 3.14. The lowest BCUT2D eigenvalue weighted by molar-refractivity contribution is -0.116. The second-order valence-electron chi connectivity index (χ2n) is 7.39. The van der Waals surface area contributed by atoms with Gasteiger partial charge in [-0.1, -0.05) is 0 Å². The third-order valence-corrected chi connectivity index (χ3v) is 6.93. The van der Waals surface area contributed by atoms with Gasteiger partial charge in [-0.25, -0.2) is 17.5 Å². The van der Waals surface area contributed by atoms with Crippen molar-refractivity contribution in [2.75, 3.05) is 11.9 Å². The lowest BCUT2D eigenvalue weighted by Crippen LogP contribution is -2.52. The Kier molecular flexibility index (Phi) is 3.90. The maximum Gasteiger partial charge on any atom is 0.244 e. The largest absolute Gasteiger partial charge is 0.376 e. The van der Waals surface area contributed by atoms with Crippen LogP contribution in [0.2, 0.25) is 0 Å². The van der Waals surface area contributed by atoms with Crippen LogP contribution >= 0.6 is 0 Å². The van der Waals surface area contributed by atoms with Gasteiger partial charge < -0.3 is 10.1 Å². The lowest BCUT2D eigenvalue weighted by atomic mass is 9.92. The Morgan fingerprint density at radius 3 is 2.80 bits per heavy atom. The Bertz CT molecular complexity index is 837. The van der Waals surface area contributed by atoms with Crippen LogP contribution in [0.1, 0.15) is 38.2 Å². The first-order valence-electron chi connectivity index (χ1n) is 8.56. The predicted octanol–water partition coefficient (Wildman–Crippen LogP) is 1.95. The number of carbonyl (C=O) groups excluding carboxylic acids is 1. The fourth-order valence-corrected chi connectivity index (χ4v) is 5.39. The number of nitrogens with one attached hydrogen (secondary N) is 2. The van der Waals surface area contributed by atoms with E-state index in [1.807, 2.05) is 6.92 Å². The third-order valence-electron chi connectivity index (χ3n) is 5.31. The van der Waals surface area contributed by atoms with E-state index in [9.17, 15) is 17.6 Å². The van der Waals surface area contributed by atoms with Gasteiger partial charge in [0.25, 0.3) is 0 Å². The van der Waals surface area contributed by atoms with Crippen LogP contribution in [0.15, 0.2) is 17.0 Å². The molecule has 0 spiro atoms. The molecule has 2 fully saturated rings. The summed E-state index contributed by atoms with van der Waals surface area (Å²) < 4.78 is 48.6. The minimum atomic E-state index is -4.04. The molecule has 2 unspecified atom stereocenters. The van der Waals surface area contributed by atoms with Crippen molar-refractivity contribution in [1.29, 1.82) is 0 Å². The number of amides is 1. The summed E-state index contributed by atoms with van der Waals surface area (Å²) in [7, 11) is -4.04. The summed E-state index contributed by atoms with van der Waals surface area (Å²) in [6, 6.07) is 2.42. The molecule has 2 atom stereocenters. The SMILES string of the molecule is CC1(NS(=O)(=O)c2cc3c(cc2F)NC(=O)CC3)CCOC1C1CC1. The molecule has 25 heavy (non-hydrogen) atoms. The van der Waals surface area contributed by atoms with Crippen LogP contribution in [0.3, 0.4) is 0 Å². The van der Waals surface area contributed by atoms with Crippen molar-refractivity contribution < 1.29 is 22.3 Å². The van der Waals surface area contributed by atoms with Crippen LogP contribution in [0.25, 0.3) is 0 Å². The molecule has 3 aliphatic rings. The van der Waals surface area contributed by atoms with E-state index in [0.29, 0.717) is 36.6 Å². The zero-order valence-corrected chi connectivity index (χ0v) is 14.8. The quantitative estimate of drug-likeness (QED) is 0.851. The lowest BCUT2D eigenvalue weighted by Gasteiger charge is -2.31. The Balaban J connectivity index is 1.65. The summed E-state index contributed by atoms with van der Waals surface area (Å²) in [5.41, 5.74) is 0.253. The molecule has 1 saturated heterocycles. The van der Waals surface area contributed by atoms with Crippen LogP contribution in [-0.2, 0) is 26.0 Å². The molecule has 1 saturated carbocycles. The standard InChI is InChI=1S/C17H21FN2O4S/c1-17(6-7-24-16(17)10-2-3-10)20-25(22,23)14-8-11-4-5-15(21)19-13(11)9-12(14)18/h8-10,16,20H,2-7H2,1H3,(H,19,21). The molecule has 1 aromatic carbocycles. The van der Waals surface area contributed by atoms with E-state index in [1.54, 1.807) is 0 Å². The maximum absolute atomic E-state index is 14.5. The first-order valence-corrected chi connectivity index (χ1v) is 10.0. The molecular formula is C17H21FN2O4S. The number of ether oxygens (including phenoxy) is 1. The van der Waals surface area contributed by atoms with Crippen LogP contribution in [0, 0.1) is 11.7 Å². The second-order valence-corrected chi connectivity index (χ2v) is 9.04. The summed E-state index contributed by atoms with van der Waals surface area (Å²) in [5.74, 6) is -0.679. The van der Waals surface area contributed by atoms with E-state index in [-0.39, 0.29) is 23.3 Å². The average molecular weight is 368 g/mol. The van der Waals surface area contributed by atoms with Crippen LogP contribution in [-0.4, -0.2) is 32.6 Å². The second kappa shape index (κ2) is 5.75. The smallest absolute Gasteiger partial charge is 0.244 e. The summed E-state index contributed by atoms with van der Waals surface area (Å²) in [4.78, 5) is 11.0. The van der Waals surface area contributed by atoms with Gasteiger partial charge in [-0.15, -0.1) is 0 Å². The first-order chi connectivity index (χ1) is 11.8. The van der Waals surface area contributed by atoms with Gasteiger partial charge >= 0.3 is 0 Å². The fraction of sp³-hybridized carbons (Fsp3) is 0.588. The Labute approximate surface area is 146 Å². The van der Waals surface area contributed by atoms with Crippen molar-refractivity contribution >= 4 is 21.6 Å². The molecule has 1 amide bonds. The molecule has 136 valence electrons. The number of anilines is 1. The monoisotopic (exact) mass is 368 g/mol. The Morgan fingerprint density at radius 1 is 1.32 bits per heavy atom. The maximum atomic E-state index is 14.5. The molecule has 2 N–H and O–H groups in total. The van der Waals surface area contributed by atoms with E-state index >= 15 is 0 Å². The van der Waals surface area contributed by atoms with Gasteiger partial charge in [0.05, 0.1) is 11.6 Å². The van der Waals surface area contributed by atoms with E-state index in [0.717, 1.165) is 18.9 Å². The highest BCUT2D eigenvalue weighted by Crippen LogP contribution is 2.44. The molecule has 4 rings (SSSR count). The number of halogens is 1. The van der Waals surface area contributed by atoms with E-state index in [2.05, 4.69) is 10.0 Å². The first kappa shape index (κ1) is 16.9. The zero-order valence-electron chi connectivity index (χ0n) is 14.0. The van der Waals surface area contributed by atoms with Crippen molar-refractivity contribution in [2.24, 2.45) is 5.92 Å². The zero-order chi connectivity index (χ0) is 17.8. The number of aryl methyl sites for hydroxylation is 1. The highest BCUT2D eigenvalue weighted by Gasteiger charge is 2.50. The molecule has 1 aromatic rings. The van der Waals surface area contributed by atoms with Crippen molar-refractivity contribution in [3.63, 3.8) is 0 Å². The molecule has 2 aliphatic heterocycles. The van der Waals surface area contributed by atoms with Crippen molar-refractivity contribution in [2.45, 2.75) is 55.6 Å². The molecular weight excluding hydrogens is 347 g/mol. The summed E-state index contributed by atoms with van der Waals surface area (Å²) in [5, 5.41) is 2.58. The highest BCUT2D eigenvalue weighted by molar-refractivity contribution is 7.89. The van der Waals surface area contributed by atoms with Crippen molar-refractivity contribution in [3.8, 4) is 0 Å². The van der Waals surface area contributed by atoms with E-state index < -0.39 is 21.4 Å². The third kappa shape index (κ3) is 3.07. The van der Waals surface area contributed by atoms with E-state index in [1.165, 1.54) is 6.07 Å². The molecule has 0 bridgehead atoms. The van der Waals surface area contributed by atoms with Crippen LogP contribution in [0.4, 0.5) is 10.1 Å². The minimum absolute atomic E-state index is 0.165. The Hall–Kier alpha value is -1.51. The van der Waals surface area contributed by atoms with Crippen molar-refractivity contribution in [3.05, 3.63) is 23.5 Å². The van der Waals surface area contributed by atoms with Gasteiger partial charge in [-0.2, -0.15) is 0 Å². The van der Waals surface area contributed by atoms with Gasteiger partial charge in [0.2, 0.25) is 15.9 Å². The van der Waals surface area contributed by atoms with Gasteiger partial charge in [-0.3, -0.25) is 4.79 Å². The van der Waals surface area contributed by atoms with Crippen LogP contribution < -0.4 is 10.0 Å². The summed E-state index contributed by atoms with van der Waals surface area (Å²) in [6.45, 7) is 2.33. The number of sulfonamides is 1. The topological polar surface area (TPSA) is 84.5 Å². The number of carbonyl (C=O) groups is 1.